The number of benzene rings is 3. The lowest BCUT2D eigenvalue weighted by molar-refractivity contribution is 0.0606. The van der Waals surface area contributed by atoms with Gasteiger partial charge in [0.05, 0.1) is 22.2 Å². The third-order valence-electron chi connectivity index (χ3n) is 6.94. The molecule has 6 nitrogen and oxygen atoms in total. The zero-order valence-electron chi connectivity index (χ0n) is 19.9. The molecule has 192 valence electrons. The van der Waals surface area contributed by atoms with Crippen molar-refractivity contribution in [1.29, 1.82) is 0 Å². The minimum atomic E-state index is -1.000. The summed E-state index contributed by atoms with van der Waals surface area (Å²) in [7, 11) is 0. The average Bonchev–Trinajstić information content (AvgIpc) is 3.25. The predicted molar refractivity (Wildman–Crippen MR) is 148 cm³/mol. The van der Waals surface area contributed by atoms with Crippen LogP contribution in [0.15, 0.2) is 66.7 Å². The van der Waals surface area contributed by atoms with Gasteiger partial charge in [-0.3, -0.25) is 4.90 Å². The van der Waals surface area contributed by atoms with Crippen LogP contribution in [0.3, 0.4) is 0 Å². The van der Waals surface area contributed by atoms with E-state index in [9.17, 15) is 15.0 Å². The van der Waals surface area contributed by atoms with E-state index < -0.39 is 12.2 Å². The molecule has 0 bridgehead atoms. The predicted octanol–water partition coefficient (Wildman–Crippen LogP) is 6.94. The number of fused-ring (bicyclic) bond motifs is 3. The van der Waals surface area contributed by atoms with Crippen molar-refractivity contribution >= 4 is 51.8 Å². The van der Waals surface area contributed by atoms with Gasteiger partial charge in [-0.1, -0.05) is 71.2 Å². The Morgan fingerprint density at radius 1 is 1.05 bits per heavy atom. The van der Waals surface area contributed by atoms with E-state index in [4.69, 9.17) is 34.8 Å². The lowest BCUT2D eigenvalue weighted by atomic mass is 9.95. The maximum absolute atomic E-state index is 12.3. The summed E-state index contributed by atoms with van der Waals surface area (Å²) in [5.74, 6) is 0. The molecule has 3 aromatic carbocycles. The quantitative estimate of drug-likeness (QED) is 0.229. The molecule has 9 heteroatoms. The van der Waals surface area contributed by atoms with Crippen molar-refractivity contribution in [3.8, 4) is 0 Å². The molecule has 1 amide bonds. The van der Waals surface area contributed by atoms with Crippen LogP contribution in [0.5, 0.6) is 0 Å². The highest BCUT2D eigenvalue weighted by atomic mass is 35.5. The molecule has 0 spiro atoms. The fourth-order valence-corrected chi connectivity index (χ4v) is 5.56. The molecule has 1 aliphatic heterocycles. The van der Waals surface area contributed by atoms with Crippen LogP contribution < -0.4 is 0 Å². The van der Waals surface area contributed by atoms with E-state index in [1.807, 2.05) is 48.5 Å². The molecule has 4 aromatic rings. The molecule has 3 N–H and O–H groups in total. The Balaban J connectivity index is 1.49. The monoisotopic (exact) mass is 557 g/mol. The Labute approximate surface area is 230 Å². The number of nitrogens with zero attached hydrogens (tertiary/aromatic N) is 2. The standard InChI is InChI=1S/C28H26Cl3N3O3/c29-19-7-9-24-21(13-19)20-10-11-33(16-26(35)18-6-8-22(30)23(31)12-18)25(27(20)32-24)15-34(28(36)37)14-17-4-2-1-3-5-17/h1-9,12-13,25-26,32,35H,10-11,14-16H2,(H,36,37). The SMILES string of the molecule is O=C(O)N(Cc1ccccc1)CC1c2[nH]c3ccc(Cl)cc3c2CCN1CC(O)c1ccc(Cl)c(Cl)c1. The molecule has 0 radical (unpaired) electrons. The summed E-state index contributed by atoms with van der Waals surface area (Å²) >= 11 is 18.5. The van der Waals surface area contributed by atoms with Crippen LogP contribution in [0, 0.1) is 0 Å². The van der Waals surface area contributed by atoms with Gasteiger partial charge in [0.1, 0.15) is 0 Å². The molecule has 0 aliphatic carbocycles. The van der Waals surface area contributed by atoms with Gasteiger partial charge in [-0.15, -0.1) is 0 Å². The van der Waals surface area contributed by atoms with E-state index in [-0.39, 0.29) is 19.1 Å². The molecule has 2 atom stereocenters. The van der Waals surface area contributed by atoms with Gasteiger partial charge in [0, 0.05) is 47.8 Å². The Morgan fingerprint density at radius 3 is 2.57 bits per heavy atom. The number of H-pyrrole nitrogens is 1. The van der Waals surface area contributed by atoms with E-state index in [0.717, 1.165) is 34.1 Å². The van der Waals surface area contributed by atoms with Crippen molar-refractivity contribution in [2.75, 3.05) is 19.6 Å². The summed E-state index contributed by atoms with van der Waals surface area (Å²) < 4.78 is 0. The van der Waals surface area contributed by atoms with Crippen LogP contribution in [0.1, 0.15) is 34.5 Å². The van der Waals surface area contributed by atoms with E-state index in [0.29, 0.717) is 33.7 Å². The van der Waals surface area contributed by atoms with Crippen LogP contribution in [0.2, 0.25) is 15.1 Å². The number of carboxylic acid groups (broad SMARTS) is 1. The van der Waals surface area contributed by atoms with Crippen molar-refractivity contribution in [3.05, 3.63) is 104 Å². The van der Waals surface area contributed by atoms with Gasteiger partial charge in [-0.05, 0) is 53.4 Å². The van der Waals surface area contributed by atoms with Gasteiger partial charge in [-0.2, -0.15) is 0 Å². The number of rotatable bonds is 7. The molecule has 1 aliphatic rings. The normalized spacial score (nSPS) is 16.5. The first-order chi connectivity index (χ1) is 17.8. The first-order valence-electron chi connectivity index (χ1n) is 12.0. The number of hydrogen-bond donors (Lipinski definition) is 3. The van der Waals surface area contributed by atoms with Crippen molar-refractivity contribution in [1.82, 2.24) is 14.8 Å². The van der Waals surface area contributed by atoms with Gasteiger partial charge < -0.3 is 20.1 Å². The van der Waals surface area contributed by atoms with Crippen LogP contribution in [0.4, 0.5) is 4.79 Å². The van der Waals surface area contributed by atoms with Gasteiger partial charge in [0.25, 0.3) is 0 Å². The van der Waals surface area contributed by atoms with Crippen molar-refractivity contribution in [3.63, 3.8) is 0 Å². The molecular weight excluding hydrogens is 533 g/mol. The number of hydrogen-bond acceptors (Lipinski definition) is 3. The van der Waals surface area contributed by atoms with Crippen LogP contribution in [0.25, 0.3) is 10.9 Å². The van der Waals surface area contributed by atoms with Crippen molar-refractivity contribution in [2.45, 2.75) is 25.1 Å². The van der Waals surface area contributed by atoms with E-state index in [2.05, 4.69) is 9.88 Å². The third kappa shape index (κ3) is 5.59. The molecule has 1 aromatic heterocycles. The molecule has 5 rings (SSSR count). The number of aliphatic hydroxyl groups excluding tert-OH is 1. The molecule has 0 saturated carbocycles. The number of aliphatic hydroxyl groups is 1. The summed E-state index contributed by atoms with van der Waals surface area (Å²) in [5.41, 5.74) is 4.60. The maximum Gasteiger partial charge on any atom is 0.407 e. The lowest BCUT2D eigenvalue weighted by Gasteiger charge is -2.39. The number of aromatic amines is 1. The minimum Gasteiger partial charge on any atom is -0.465 e. The summed E-state index contributed by atoms with van der Waals surface area (Å²) in [6.45, 7) is 1.44. The number of amides is 1. The van der Waals surface area contributed by atoms with E-state index in [1.54, 1.807) is 18.2 Å². The lowest BCUT2D eigenvalue weighted by Crippen LogP contribution is -2.45. The fraction of sp³-hybridized carbons (Fsp3) is 0.250. The summed E-state index contributed by atoms with van der Waals surface area (Å²) in [6, 6.07) is 20.1. The van der Waals surface area contributed by atoms with Gasteiger partial charge >= 0.3 is 6.09 Å². The van der Waals surface area contributed by atoms with Crippen LogP contribution in [-0.2, 0) is 13.0 Å². The zero-order chi connectivity index (χ0) is 26.1. The Morgan fingerprint density at radius 2 is 1.84 bits per heavy atom. The zero-order valence-corrected chi connectivity index (χ0v) is 22.1. The Bertz CT molecular complexity index is 1430. The topological polar surface area (TPSA) is 79.8 Å². The summed E-state index contributed by atoms with van der Waals surface area (Å²) in [4.78, 5) is 19.4. The maximum atomic E-state index is 12.3. The van der Waals surface area contributed by atoms with Crippen LogP contribution >= 0.6 is 34.8 Å². The van der Waals surface area contributed by atoms with Crippen molar-refractivity contribution < 1.29 is 15.0 Å². The summed E-state index contributed by atoms with van der Waals surface area (Å²) in [5, 5.41) is 23.7. The van der Waals surface area contributed by atoms with Gasteiger partial charge in [-0.25, -0.2) is 4.79 Å². The molecule has 0 saturated heterocycles. The molecule has 37 heavy (non-hydrogen) atoms. The smallest absolute Gasteiger partial charge is 0.407 e. The third-order valence-corrected chi connectivity index (χ3v) is 7.91. The Kier molecular flexibility index (Phi) is 7.65. The molecular formula is C28H26Cl3N3O3. The van der Waals surface area contributed by atoms with Gasteiger partial charge in [0.15, 0.2) is 0 Å². The highest BCUT2D eigenvalue weighted by Crippen LogP contribution is 2.37. The number of carbonyl (C=O) groups is 1. The fourth-order valence-electron chi connectivity index (χ4n) is 5.08. The summed E-state index contributed by atoms with van der Waals surface area (Å²) in [6.07, 6.45) is -1.09. The second-order valence-electron chi connectivity index (χ2n) is 9.31. The second kappa shape index (κ2) is 10.9. The highest BCUT2D eigenvalue weighted by Gasteiger charge is 2.34. The number of β-amino-alcohol motifs (C(OH)–C–C–N with tert-alkyl or cyclic N) is 1. The van der Waals surface area contributed by atoms with E-state index in [1.165, 1.54) is 4.90 Å². The van der Waals surface area contributed by atoms with Crippen molar-refractivity contribution in [2.24, 2.45) is 0 Å². The largest absolute Gasteiger partial charge is 0.465 e. The number of aromatic nitrogens is 1. The molecule has 2 unspecified atom stereocenters. The first kappa shape index (κ1) is 25.9. The minimum absolute atomic E-state index is 0.228. The second-order valence-corrected chi connectivity index (χ2v) is 10.6. The van der Waals surface area contributed by atoms with Crippen LogP contribution in [-0.4, -0.2) is 50.7 Å². The van der Waals surface area contributed by atoms with Gasteiger partial charge in [0.2, 0.25) is 0 Å². The number of nitrogens with one attached hydrogen (secondary N) is 1. The average molecular weight is 559 g/mol. The molecule has 0 fully saturated rings. The molecule has 2 heterocycles. The first-order valence-corrected chi connectivity index (χ1v) is 13.1. The van der Waals surface area contributed by atoms with E-state index >= 15 is 0 Å². The highest BCUT2D eigenvalue weighted by molar-refractivity contribution is 6.42. The number of halogens is 3. The Hall–Kier alpha value is -2.74.